The second-order valence-electron chi connectivity index (χ2n) is 4.95. The third kappa shape index (κ3) is 1.81. The maximum Gasteiger partial charge on any atom is 0.0268 e. The number of hydrogen-bond donors (Lipinski definition) is 1. The van der Waals surface area contributed by atoms with E-state index >= 15 is 0 Å². The van der Waals surface area contributed by atoms with Crippen LogP contribution in [0, 0.1) is 0 Å². The topological polar surface area (TPSA) is 15.3 Å². The maximum atomic E-state index is 3.56. The van der Waals surface area contributed by atoms with Gasteiger partial charge >= 0.3 is 0 Å². The molecule has 0 spiro atoms. The van der Waals surface area contributed by atoms with Gasteiger partial charge in [0, 0.05) is 36.2 Å². The number of nitrogens with zero attached hydrogens (tertiary/aromatic N) is 1. The van der Waals surface area contributed by atoms with Gasteiger partial charge in [0.15, 0.2) is 0 Å². The standard InChI is InChI=1S/C13H17BrN2/c1-9-6-15-7-13-5-10-2-3-12(14)4-11(10)8-16(9)13/h2-4,9,13,15H,5-8H2,1H3/t9?,13-/m0/s1. The Morgan fingerprint density at radius 2 is 2.19 bits per heavy atom. The van der Waals surface area contributed by atoms with Gasteiger partial charge in [-0.25, -0.2) is 0 Å². The number of benzene rings is 1. The first kappa shape index (κ1) is 10.8. The van der Waals surface area contributed by atoms with Crippen LogP contribution in [0.1, 0.15) is 18.1 Å². The number of hydrogen-bond acceptors (Lipinski definition) is 2. The summed E-state index contributed by atoms with van der Waals surface area (Å²) in [5.74, 6) is 0. The molecule has 2 nitrogen and oxygen atoms in total. The van der Waals surface area contributed by atoms with Gasteiger partial charge in [0.2, 0.25) is 0 Å². The lowest BCUT2D eigenvalue weighted by Crippen LogP contribution is -2.58. The van der Waals surface area contributed by atoms with Gasteiger partial charge in [-0.15, -0.1) is 0 Å². The normalized spacial score (nSPS) is 29.6. The molecule has 2 aliphatic heterocycles. The summed E-state index contributed by atoms with van der Waals surface area (Å²) in [6.45, 7) is 5.70. The average Bonchev–Trinajstić information content (AvgIpc) is 2.28. The van der Waals surface area contributed by atoms with Crippen LogP contribution < -0.4 is 5.32 Å². The first-order chi connectivity index (χ1) is 7.74. The zero-order valence-corrected chi connectivity index (χ0v) is 11.1. The molecular formula is C13H17BrN2. The molecule has 2 atom stereocenters. The minimum absolute atomic E-state index is 0.658. The van der Waals surface area contributed by atoms with Crippen LogP contribution in [0.2, 0.25) is 0 Å². The Morgan fingerprint density at radius 1 is 1.31 bits per heavy atom. The Bertz CT molecular complexity index is 405. The van der Waals surface area contributed by atoms with Crippen molar-refractivity contribution in [3.8, 4) is 0 Å². The highest BCUT2D eigenvalue weighted by Crippen LogP contribution is 2.28. The summed E-state index contributed by atoms with van der Waals surface area (Å²) in [4.78, 5) is 2.64. The van der Waals surface area contributed by atoms with Crippen molar-refractivity contribution < 1.29 is 0 Å². The molecule has 0 aromatic heterocycles. The van der Waals surface area contributed by atoms with E-state index in [1.807, 2.05) is 0 Å². The molecule has 3 rings (SSSR count). The van der Waals surface area contributed by atoms with Gasteiger partial charge < -0.3 is 5.32 Å². The summed E-state index contributed by atoms with van der Waals surface area (Å²) in [6.07, 6.45) is 1.19. The number of halogens is 1. The first-order valence-electron chi connectivity index (χ1n) is 5.98. The fraction of sp³-hybridized carbons (Fsp3) is 0.538. The second kappa shape index (κ2) is 4.13. The van der Waals surface area contributed by atoms with Crippen LogP contribution >= 0.6 is 15.9 Å². The summed E-state index contributed by atoms with van der Waals surface area (Å²) in [5.41, 5.74) is 3.03. The minimum Gasteiger partial charge on any atom is -0.314 e. The molecule has 1 aromatic carbocycles. The molecule has 2 aliphatic rings. The molecule has 1 unspecified atom stereocenters. The number of nitrogens with one attached hydrogen (secondary N) is 1. The van der Waals surface area contributed by atoms with E-state index in [9.17, 15) is 0 Å². The van der Waals surface area contributed by atoms with E-state index in [0.717, 1.165) is 19.6 Å². The molecule has 1 saturated heterocycles. The van der Waals surface area contributed by atoms with E-state index in [0.29, 0.717) is 12.1 Å². The zero-order chi connectivity index (χ0) is 11.1. The number of fused-ring (bicyclic) bond motifs is 2. The third-order valence-electron chi connectivity index (χ3n) is 3.83. The van der Waals surface area contributed by atoms with Crippen molar-refractivity contribution in [1.82, 2.24) is 10.2 Å². The van der Waals surface area contributed by atoms with Crippen LogP contribution in [0.15, 0.2) is 22.7 Å². The zero-order valence-electron chi connectivity index (χ0n) is 9.54. The molecule has 86 valence electrons. The highest BCUT2D eigenvalue weighted by Gasteiger charge is 2.31. The Balaban J connectivity index is 1.93. The summed E-state index contributed by atoms with van der Waals surface area (Å²) >= 11 is 3.56. The lowest BCUT2D eigenvalue weighted by Gasteiger charge is -2.44. The van der Waals surface area contributed by atoms with Crippen molar-refractivity contribution in [3.63, 3.8) is 0 Å². The Hall–Kier alpha value is -0.380. The van der Waals surface area contributed by atoms with Gasteiger partial charge in [0.05, 0.1) is 0 Å². The van der Waals surface area contributed by atoms with Crippen molar-refractivity contribution in [2.24, 2.45) is 0 Å². The van der Waals surface area contributed by atoms with Crippen LogP contribution in [-0.4, -0.2) is 30.1 Å². The fourth-order valence-corrected chi connectivity index (χ4v) is 3.33. The van der Waals surface area contributed by atoms with Crippen molar-refractivity contribution in [2.75, 3.05) is 13.1 Å². The van der Waals surface area contributed by atoms with Crippen LogP contribution in [-0.2, 0) is 13.0 Å². The quantitative estimate of drug-likeness (QED) is 0.784. The lowest BCUT2D eigenvalue weighted by molar-refractivity contribution is 0.0876. The van der Waals surface area contributed by atoms with E-state index < -0.39 is 0 Å². The molecule has 0 aliphatic carbocycles. The first-order valence-corrected chi connectivity index (χ1v) is 6.77. The van der Waals surface area contributed by atoms with E-state index in [4.69, 9.17) is 0 Å². The number of rotatable bonds is 0. The lowest BCUT2D eigenvalue weighted by atomic mass is 9.91. The van der Waals surface area contributed by atoms with Gasteiger partial charge in [-0.3, -0.25) is 4.90 Å². The Labute approximate surface area is 105 Å². The number of piperazine rings is 1. The van der Waals surface area contributed by atoms with Gasteiger partial charge in [0.1, 0.15) is 0 Å². The third-order valence-corrected chi connectivity index (χ3v) is 4.32. The van der Waals surface area contributed by atoms with Gasteiger partial charge in [-0.05, 0) is 36.6 Å². The smallest absolute Gasteiger partial charge is 0.0268 e. The molecule has 0 radical (unpaired) electrons. The van der Waals surface area contributed by atoms with E-state index in [1.165, 1.54) is 22.0 Å². The van der Waals surface area contributed by atoms with Gasteiger partial charge in [-0.1, -0.05) is 22.0 Å². The van der Waals surface area contributed by atoms with Crippen LogP contribution in [0.5, 0.6) is 0 Å². The SMILES string of the molecule is CC1CNC[C@@H]2Cc3ccc(Br)cc3CN12. The predicted molar refractivity (Wildman–Crippen MR) is 69.5 cm³/mol. The van der Waals surface area contributed by atoms with Gasteiger partial charge in [-0.2, -0.15) is 0 Å². The van der Waals surface area contributed by atoms with Crippen molar-refractivity contribution in [1.29, 1.82) is 0 Å². The van der Waals surface area contributed by atoms with Gasteiger partial charge in [0.25, 0.3) is 0 Å². The average molecular weight is 281 g/mol. The molecule has 2 heterocycles. The summed E-state index contributed by atoms with van der Waals surface area (Å²) in [7, 11) is 0. The molecule has 0 amide bonds. The van der Waals surface area contributed by atoms with Crippen molar-refractivity contribution in [3.05, 3.63) is 33.8 Å². The summed E-state index contributed by atoms with van der Waals surface area (Å²) in [5, 5.41) is 3.52. The van der Waals surface area contributed by atoms with Crippen LogP contribution in [0.4, 0.5) is 0 Å². The molecular weight excluding hydrogens is 264 g/mol. The molecule has 16 heavy (non-hydrogen) atoms. The molecule has 0 bridgehead atoms. The summed E-state index contributed by atoms with van der Waals surface area (Å²) < 4.78 is 1.20. The molecule has 1 fully saturated rings. The molecule has 1 aromatic rings. The summed E-state index contributed by atoms with van der Waals surface area (Å²) in [6, 6.07) is 8.06. The largest absolute Gasteiger partial charge is 0.314 e. The van der Waals surface area contributed by atoms with Crippen molar-refractivity contribution >= 4 is 15.9 Å². The maximum absolute atomic E-state index is 3.56. The van der Waals surface area contributed by atoms with E-state index in [-0.39, 0.29) is 0 Å². The van der Waals surface area contributed by atoms with Crippen LogP contribution in [0.25, 0.3) is 0 Å². The monoisotopic (exact) mass is 280 g/mol. The highest BCUT2D eigenvalue weighted by molar-refractivity contribution is 9.10. The highest BCUT2D eigenvalue weighted by atomic mass is 79.9. The predicted octanol–water partition coefficient (Wildman–Crippen LogP) is 2.17. The molecule has 3 heteroatoms. The Morgan fingerprint density at radius 3 is 3.06 bits per heavy atom. The second-order valence-corrected chi connectivity index (χ2v) is 5.87. The van der Waals surface area contributed by atoms with E-state index in [2.05, 4.69) is 51.3 Å². The fourth-order valence-electron chi connectivity index (χ4n) is 2.92. The minimum atomic E-state index is 0.658. The van der Waals surface area contributed by atoms with E-state index in [1.54, 1.807) is 0 Å². The molecule has 0 saturated carbocycles. The van der Waals surface area contributed by atoms with Crippen molar-refractivity contribution in [2.45, 2.75) is 32.0 Å². The Kier molecular flexibility index (Phi) is 2.78. The molecule has 1 N–H and O–H groups in total. The van der Waals surface area contributed by atoms with Crippen LogP contribution in [0.3, 0.4) is 0 Å².